The molecule has 0 aliphatic carbocycles. The van der Waals surface area contributed by atoms with E-state index in [4.69, 9.17) is 9.47 Å². The van der Waals surface area contributed by atoms with Gasteiger partial charge in [-0.15, -0.1) is 0 Å². The van der Waals surface area contributed by atoms with Crippen LogP contribution < -0.4 is 4.74 Å². The van der Waals surface area contributed by atoms with E-state index in [0.29, 0.717) is 0 Å². The summed E-state index contributed by atoms with van der Waals surface area (Å²) in [5, 5.41) is 39.2. The first kappa shape index (κ1) is 13.7. The molecule has 0 amide bonds. The van der Waals surface area contributed by atoms with Gasteiger partial charge in [-0.25, -0.2) is 0 Å². The van der Waals surface area contributed by atoms with E-state index in [1.165, 1.54) is 24.3 Å². The highest BCUT2D eigenvalue weighted by Gasteiger charge is 2.39. The van der Waals surface area contributed by atoms with Crippen molar-refractivity contribution < 1.29 is 29.7 Å². The lowest BCUT2D eigenvalue weighted by molar-refractivity contribution is -0.386. The molecule has 1 aromatic rings. The van der Waals surface area contributed by atoms with Gasteiger partial charge < -0.3 is 24.8 Å². The largest absolute Gasteiger partial charge is 0.455 e. The molecule has 0 unspecified atom stereocenters. The van der Waals surface area contributed by atoms with E-state index >= 15 is 0 Å². The quantitative estimate of drug-likeness (QED) is 0.496. The van der Waals surface area contributed by atoms with E-state index in [-0.39, 0.29) is 18.0 Å². The summed E-state index contributed by atoms with van der Waals surface area (Å²) in [4.78, 5) is 10.2. The predicted octanol–water partition coefficient (Wildman–Crippen LogP) is -0.587. The normalized spacial score (nSPS) is 30.9. The lowest BCUT2D eigenvalue weighted by Crippen LogP contribution is -2.54. The van der Waals surface area contributed by atoms with Crippen molar-refractivity contribution in [3.8, 4) is 5.75 Å². The number of aliphatic hydroxyl groups is 3. The predicted molar refractivity (Wildman–Crippen MR) is 61.5 cm³/mol. The van der Waals surface area contributed by atoms with Gasteiger partial charge in [-0.3, -0.25) is 10.1 Å². The molecule has 1 aromatic carbocycles. The van der Waals surface area contributed by atoms with Crippen LogP contribution in [0.3, 0.4) is 0 Å². The molecule has 4 atom stereocenters. The Labute approximate surface area is 108 Å². The molecule has 19 heavy (non-hydrogen) atoms. The van der Waals surface area contributed by atoms with Crippen molar-refractivity contribution in [3.05, 3.63) is 34.4 Å². The summed E-state index contributed by atoms with van der Waals surface area (Å²) in [6.45, 7) is -0.233. The summed E-state index contributed by atoms with van der Waals surface area (Å²) in [6, 6.07) is 5.60. The molecule has 2 rings (SSSR count). The molecule has 1 aliphatic heterocycles. The summed E-state index contributed by atoms with van der Waals surface area (Å²) in [5.74, 6) is -0.0832. The van der Waals surface area contributed by atoms with E-state index in [0.717, 1.165) is 0 Å². The summed E-state index contributed by atoms with van der Waals surface area (Å²) in [6.07, 6.45) is -5.43. The van der Waals surface area contributed by atoms with Crippen molar-refractivity contribution in [2.24, 2.45) is 0 Å². The lowest BCUT2D eigenvalue weighted by Gasteiger charge is -2.34. The average molecular weight is 271 g/mol. The van der Waals surface area contributed by atoms with E-state index in [1.807, 2.05) is 0 Å². The summed E-state index contributed by atoms with van der Waals surface area (Å²) >= 11 is 0. The van der Waals surface area contributed by atoms with Crippen molar-refractivity contribution in [2.45, 2.75) is 24.6 Å². The molecular formula is C11H13NO7. The Morgan fingerprint density at radius 1 is 1.26 bits per heavy atom. The van der Waals surface area contributed by atoms with Crippen molar-refractivity contribution >= 4 is 5.69 Å². The zero-order chi connectivity index (χ0) is 14.0. The molecule has 3 N–H and O–H groups in total. The molecule has 0 spiro atoms. The number of nitrogens with zero attached hydrogens (tertiary/aromatic N) is 1. The minimum atomic E-state index is -1.50. The third kappa shape index (κ3) is 2.82. The molecule has 1 aliphatic rings. The fourth-order valence-electron chi connectivity index (χ4n) is 1.72. The maximum absolute atomic E-state index is 10.8. The van der Waals surface area contributed by atoms with Gasteiger partial charge >= 0.3 is 5.69 Å². The molecule has 8 nitrogen and oxygen atoms in total. The average Bonchev–Trinajstić information content (AvgIpc) is 2.40. The van der Waals surface area contributed by atoms with Crippen LogP contribution >= 0.6 is 0 Å². The monoisotopic (exact) mass is 271 g/mol. The molecular weight excluding hydrogens is 258 g/mol. The Morgan fingerprint density at radius 2 is 1.95 bits per heavy atom. The van der Waals surface area contributed by atoms with Gasteiger partial charge in [0.1, 0.15) is 18.3 Å². The number of nitro groups is 1. The maximum Gasteiger partial charge on any atom is 0.311 e. The second kappa shape index (κ2) is 5.49. The van der Waals surface area contributed by atoms with Crippen molar-refractivity contribution in [1.82, 2.24) is 0 Å². The van der Waals surface area contributed by atoms with Crippen LogP contribution in [-0.2, 0) is 4.74 Å². The Kier molecular flexibility index (Phi) is 3.96. The van der Waals surface area contributed by atoms with E-state index < -0.39 is 29.5 Å². The van der Waals surface area contributed by atoms with Gasteiger partial charge in [0.25, 0.3) is 0 Å². The van der Waals surface area contributed by atoms with Gasteiger partial charge in [-0.05, 0) is 6.07 Å². The number of aliphatic hydroxyl groups excluding tert-OH is 3. The first-order chi connectivity index (χ1) is 9.00. The highest BCUT2D eigenvalue weighted by Crippen LogP contribution is 2.29. The minimum Gasteiger partial charge on any atom is -0.455 e. The Morgan fingerprint density at radius 3 is 2.63 bits per heavy atom. The van der Waals surface area contributed by atoms with Gasteiger partial charge in [0, 0.05) is 6.07 Å². The van der Waals surface area contributed by atoms with Gasteiger partial charge in [-0.1, -0.05) is 12.1 Å². The smallest absolute Gasteiger partial charge is 0.311 e. The molecule has 0 bridgehead atoms. The number of benzene rings is 1. The topological polar surface area (TPSA) is 122 Å². The molecule has 1 fully saturated rings. The number of hydrogen-bond donors (Lipinski definition) is 3. The molecule has 104 valence electrons. The van der Waals surface area contributed by atoms with Crippen LogP contribution in [0.1, 0.15) is 0 Å². The molecule has 0 aromatic heterocycles. The highest BCUT2D eigenvalue weighted by atomic mass is 16.7. The fraction of sp³-hybridized carbons (Fsp3) is 0.455. The number of rotatable bonds is 3. The van der Waals surface area contributed by atoms with Crippen LogP contribution in [0.2, 0.25) is 0 Å². The third-order valence-corrected chi connectivity index (χ3v) is 2.76. The van der Waals surface area contributed by atoms with Crippen LogP contribution in [0.4, 0.5) is 5.69 Å². The van der Waals surface area contributed by atoms with Crippen LogP contribution in [0.15, 0.2) is 24.3 Å². The molecule has 8 heteroatoms. The first-order valence-electron chi connectivity index (χ1n) is 5.56. The maximum atomic E-state index is 10.8. The van der Waals surface area contributed by atoms with Crippen LogP contribution in [0.5, 0.6) is 5.75 Å². The van der Waals surface area contributed by atoms with Crippen molar-refractivity contribution in [1.29, 1.82) is 0 Å². The number of nitro benzene ring substituents is 1. The summed E-state index contributed by atoms with van der Waals surface area (Å²) in [7, 11) is 0. The molecule has 0 radical (unpaired) electrons. The molecule has 0 saturated carbocycles. The first-order valence-corrected chi connectivity index (χ1v) is 5.56. The SMILES string of the molecule is O=[N+]([O-])c1ccccc1O[C@@H]1OC[C@H](O)[C@H](O)[C@H]1O. The fourth-order valence-corrected chi connectivity index (χ4v) is 1.72. The van der Waals surface area contributed by atoms with Crippen LogP contribution in [0, 0.1) is 10.1 Å². The van der Waals surface area contributed by atoms with Gasteiger partial charge in [0.2, 0.25) is 6.29 Å². The Balaban J connectivity index is 2.15. The Bertz CT molecular complexity index is 466. The third-order valence-electron chi connectivity index (χ3n) is 2.76. The number of ether oxygens (including phenoxy) is 2. The van der Waals surface area contributed by atoms with Crippen LogP contribution in [0.25, 0.3) is 0 Å². The zero-order valence-electron chi connectivity index (χ0n) is 9.75. The van der Waals surface area contributed by atoms with Gasteiger partial charge in [0.15, 0.2) is 5.75 Å². The zero-order valence-corrected chi connectivity index (χ0v) is 9.75. The van der Waals surface area contributed by atoms with E-state index in [1.54, 1.807) is 0 Å². The van der Waals surface area contributed by atoms with Crippen molar-refractivity contribution in [3.63, 3.8) is 0 Å². The highest BCUT2D eigenvalue weighted by molar-refractivity contribution is 5.45. The number of hydrogen-bond acceptors (Lipinski definition) is 7. The van der Waals surface area contributed by atoms with E-state index in [9.17, 15) is 25.4 Å². The molecule has 1 saturated heterocycles. The second-order valence-electron chi connectivity index (χ2n) is 4.09. The van der Waals surface area contributed by atoms with E-state index in [2.05, 4.69) is 0 Å². The minimum absolute atomic E-state index is 0.0832. The summed E-state index contributed by atoms with van der Waals surface area (Å²) in [5.41, 5.74) is -0.279. The van der Waals surface area contributed by atoms with Gasteiger partial charge in [-0.2, -0.15) is 0 Å². The van der Waals surface area contributed by atoms with Crippen molar-refractivity contribution in [2.75, 3.05) is 6.61 Å². The Hall–Kier alpha value is -1.74. The van der Waals surface area contributed by atoms with Gasteiger partial charge in [0.05, 0.1) is 11.5 Å². The lowest BCUT2D eigenvalue weighted by atomic mass is 10.1. The number of para-hydroxylation sites is 2. The second-order valence-corrected chi connectivity index (χ2v) is 4.09. The van der Waals surface area contributed by atoms with Crippen LogP contribution in [-0.4, -0.2) is 51.5 Å². The standard InChI is InChI=1S/C11H13NO7/c13-7-5-18-11(10(15)9(7)14)19-8-4-2-1-3-6(8)12(16)17/h1-4,7,9-11,13-15H,5H2/t7-,9-,10+,11-/m0/s1. The molecule has 1 heterocycles. The summed E-state index contributed by atoms with van der Waals surface area (Å²) < 4.78 is 10.2.